The van der Waals surface area contributed by atoms with Crippen LogP contribution >= 0.6 is 0 Å². The van der Waals surface area contributed by atoms with E-state index in [1.54, 1.807) is 0 Å². The molecule has 0 spiro atoms. The van der Waals surface area contributed by atoms with Crippen molar-refractivity contribution in [3.63, 3.8) is 0 Å². The van der Waals surface area contributed by atoms with Crippen molar-refractivity contribution >= 4 is 22.2 Å². The van der Waals surface area contributed by atoms with Crippen molar-refractivity contribution in [3.8, 4) is 11.1 Å². The fourth-order valence-electron chi connectivity index (χ4n) is 4.31. The van der Waals surface area contributed by atoms with Gasteiger partial charge >= 0.3 is 0 Å². The Morgan fingerprint density at radius 1 is 0.714 bits per heavy atom. The predicted octanol–water partition coefficient (Wildman–Crippen LogP) is 6.08. The van der Waals surface area contributed by atoms with Gasteiger partial charge in [-0.15, -0.1) is 0 Å². The Labute approximate surface area is 165 Å². The standard InChI is InChI=1S/C26H21NO/c1-2-27(17-18-9-4-3-5-10-18)23-16-15-19-11-8-14-21-20-12-6-7-13-22(20)26(28)25(23)24(19)21/h3-16H,2,17H2,1H3. The van der Waals surface area contributed by atoms with Gasteiger partial charge in [-0.05, 0) is 35.1 Å². The van der Waals surface area contributed by atoms with E-state index < -0.39 is 0 Å². The zero-order valence-corrected chi connectivity index (χ0v) is 15.9. The molecule has 4 aromatic carbocycles. The first-order valence-corrected chi connectivity index (χ1v) is 9.76. The first-order valence-electron chi connectivity index (χ1n) is 9.76. The van der Waals surface area contributed by atoms with Gasteiger partial charge in [0.1, 0.15) is 0 Å². The largest absolute Gasteiger partial charge is 0.367 e. The zero-order valence-electron chi connectivity index (χ0n) is 15.9. The van der Waals surface area contributed by atoms with Crippen LogP contribution in [0.4, 0.5) is 5.69 Å². The first kappa shape index (κ1) is 16.8. The number of anilines is 1. The highest BCUT2D eigenvalue weighted by atomic mass is 16.1. The molecule has 0 atom stereocenters. The summed E-state index contributed by atoms with van der Waals surface area (Å²) in [5, 5.41) is 2.20. The van der Waals surface area contributed by atoms with Crippen LogP contribution in [-0.4, -0.2) is 12.3 Å². The molecule has 0 saturated carbocycles. The molecule has 2 heteroatoms. The Balaban J connectivity index is 1.75. The van der Waals surface area contributed by atoms with E-state index in [-0.39, 0.29) is 5.78 Å². The number of benzene rings is 4. The third-order valence-corrected chi connectivity index (χ3v) is 5.65. The van der Waals surface area contributed by atoms with Crippen LogP contribution in [0, 0.1) is 0 Å². The van der Waals surface area contributed by atoms with Crippen molar-refractivity contribution in [2.24, 2.45) is 0 Å². The second-order valence-corrected chi connectivity index (χ2v) is 7.24. The maximum absolute atomic E-state index is 13.6. The zero-order chi connectivity index (χ0) is 19.1. The van der Waals surface area contributed by atoms with E-state index in [0.717, 1.165) is 51.8 Å². The number of ketones is 1. The maximum Gasteiger partial charge on any atom is 0.196 e. The summed E-state index contributed by atoms with van der Waals surface area (Å²) in [6.45, 7) is 3.77. The lowest BCUT2D eigenvalue weighted by Crippen LogP contribution is -2.25. The molecular weight excluding hydrogens is 342 g/mol. The van der Waals surface area contributed by atoms with Crippen molar-refractivity contribution in [3.05, 3.63) is 102 Å². The number of fused-ring (bicyclic) bond motifs is 2. The molecule has 0 unspecified atom stereocenters. The summed E-state index contributed by atoms with van der Waals surface area (Å²) >= 11 is 0. The summed E-state index contributed by atoms with van der Waals surface area (Å²) in [5.41, 5.74) is 6.09. The molecule has 28 heavy (non-hydrogen) atoms. The first-order chi connectivity index (χ1) is 13.8. The number of carbonyl (C=O) groups is 1. The molecular formula is C26H21NO. The van der Waals surface area contributed by atoms with Crippen LogP contribution in [0.3, 0.4) is 0 Å². The van der Waals surface area contributed by atoms with E-state index in [0.29, 0.717) is 0 Å². The Hall–Kier alpha value is -3.39. The Morgan fingerprint density at radius 2 is 1.43 bits per heavy atom. The quantitative estimate of drug-likeness (QED) is 0.386. The molecule has 1 aliphatic rings. The summed E-state index contributed by atoms with van der Waals surface area (Å²) in [5.74, 6) is 0.126. The summed E-state index contributed by atoms with van der Waals surface area (Å²) in [4.78, 5) is 15.9. The number of hydrogen-bond donors (Lipinski definition) is 0. The maximum atomic E-state index is 13.6. The molecule has 0 N–H and O–H groups in total. The van der Waals surface area contributed by atoms with Gasteiger partial charge < -0.3 is 4.90 Å². The van der Waals surface area contributed by atoms with Gasteiger partial charge in [-0.2, -0.15) is 0 Å². The van der Waals surface area contributed by atoms with Crippen molar-refractivity contribution < 1.29 is 4.79 Å². The molecule has 0 aromatic heterocycles. The van der Waals surface area contributed by atoms with Gasteiger partial charge in [0.2, 0.25) is 0 Å². The van der Waals surface area contributed by atoms with Crippen LogP contribution in [0.25, 0.3) is 21.9 Å². The Morgan fingerprint density at radius 3 is 2.21 bits per heavy atom. The third kappa shape index (κ3) is 2.53. The summed E-state index contributed by atoms with van der Waals surface area (Å²) in [6.07, 6.45) is 0. The van der Waals surface area contributed by atoms with Gasteiger partial charge in [0.05, 0.1) is 5.56 Å². The minimum atomic E-state index is 0.126. The summed E-state index contributed by atoms with van der Waals surface area (Å²) < 4.78 is 0. The van der Waals surface area contributed by atoms with Crippen molar-refractivity contribution in [1.29, 1.82) is 0 Å². The fraction of sp³-hybridized carbons (Fsp3) is 0.115. The molecule has 5 rings (SSSR count). The Bertz CT molecular complexity index is 1190. The van der Waals surface area contributed by atoms with E-state index >= 15 is 0 Å². The fourth-order valence-corrected chi connectivity index (χ4v) is 4.31. The van der Waals surface area contributed by atoms with Crippen LogP contribution in [-0.2, 0) is 6.54 Å². The van der Waals surface area contributed by atoms with Gasteiger partial charge in [-0.1, -0.05) is 78.9 Å². The topological polar surface area (TPSA) is 20.3 Å². The second-order valence-electron chi connectivity index (χ2n) is 7.24. The summed E-state index contributed by atoms with van der Waals surface area (Å²) in [6, 6.07) is 29.0. The molecule has 136 valence electrons. The van der Waals surface area contributed by atoms with Crippen LogP contribution in [0.1, 0.15) is 28.4 Å². The van der Waals surface area contributed by atoms with Crippen LogP contribution < -0.4 is 4.90 Å². The minimum Gasteiger partial charge on any atom is -0.367 e. The highest BCUT2D eigenvalue weighted by molar-refractivity contribution is 6.28. The van der Waals surface area contributed by atoms with Crippen LogP contribution in [0.15, 0.2) is 84.9 Å². The monoisotopic (exact) mass is 363 g/mol. The van der Waals surface area contributed by atoms with E-state index in [1.807, 2.05) is 24.3 Å². The number of carbonyl (C=O) groups excluding carboxylic acids is 1. The number of hydrogen-bond acceptors (Lipinski definition) is 2. The SMILES string of the molecule is CCN(Cc1ccccc1)c1ccc2cccc3c2c1C(=O)c1ccccc1-3. The third-order valence-electron chi connectivity index (χ3n) is 5.65. The number of nitrogens with zero attached hydrogens (tertiary/aromatic N) is 1. The van der Waals surface area contributed by atoms with Crippen LogP contribution in [0.2, 0.25) is 0 Å². The lowest BCUT2D eigenvalue weighted by atomic mass is 9.82. The lowest BCUT2D eigenvalue weighted by molar-refractivity contribution is 0.104. The highest BCUT2D eigenvalue weighted by Gasteiger charge is 2.28. The molecule has 0 fully saturated rings. The molecule has 0 saturated heterocycles. The van der Waals surface area contributed by atoms with Crippen molar-refractivity contribution in [2.45, 2.75) is 13.5 Å². The normalized spacial score (nSPS) is 12.1. The van der Waals surface area contributed by atoms with E-state index in [9.17, 15) is 4.79 Å². The average Bonchev–Trinajstić information content (AvgIpc) is 2.76. The Kier molecular flexibility index (Phi) is 3.98. The van der Waals surface area contributed by atoms with Crippen molar-refractivity contribution in [1.82, 2.24) is 0 Å². The molecule has 2 nitrogen and oxygen atoms in total. The van der Waals surface area contributed by atoms with Gasteiger partial charge in [0, 0.05) is 29.7 Å². The van der Waals surface area contributed by atoms with Gasteiger partial charge in [-0.3, -0.25) is 4.79 Å². The highest BCUT2D eigenvalue weighted by Crippen LogP contribution is 2.43. The molecule has 0 heterocycles. The number of rotatable bonds is 4. The lowest BCUT2D eigenvalue weighted by Gasteiger charge is -2.29. The average molecular weight is 363 g/mol. The minimum absolute atomic E-state index is 0.126. The van der Waals surface area contributed by atoms with Gasteiger partial charge in [0.25, 0.3) is 0 Å². The summed E-state index contributed by atoms with van der Waals surface area (Å²) in [7, 11) is 0. The molecule has 0 aliphatic heterocycles. The van der Waals surface area contributed by atoms with Crippen molar-refractivity contribution in [2.75, 3.05) is 11.4 Å². The van der Waals surface area contributed by atoms with E-state index in [2.05, 4.69) is 72.5 Å². The smallest absolute Gasteiger partial charge is 0.196 e. The van der Waals surface area contributed by atoms with Crippen LogP contribution in [0.5, 0.6) is 0 Å². The molecule has 0 radical (unpaired) electrons. The molecule has 0 bridgehead atoms. The molecule has 0 amide bonds. The van der Waals surface area contributed by atoms with Gasteiger partial charge in [0.15, 0.2) is 5.78 Å². The van der Waals surface area contributed by atoms with E-state index in [4.69, 9.17) is 0 Å². The molecule has 1 aliphatic carbocycles. The predicted molar refractivity (Wildman–Crippen MR) is 116 cm³/mol. The van der Waals surface area contributed by atoms with Gasteiger partial charge in [-0.25, -0.2) is 0 Å². The van der Waals surface area contributed by atoms with E-state index in [1.165, 1.54) is 5.56 Å². The second kappa shape index (κ2) is 6.65. The molecule has 4 aromatic rings.